The van der Waals surface area contributed by atoms with Gasteiger partial charge in [0, 0.05) is 12.2 Å². The van der Waals surface area contributed by atoms with Crippen molar-refractivity contribution in [1.29, 1.82) is 0 Å². The van der Waals surface area contributed by atoms with Gasteiger partial charge in [0.15, 0.2) is 11.5 Å². The van der Waals surface area contributed by atoms with E-state index in [-0.39, 0.29) is 18.6 Å². The minimum absolute atomic E-state index is 0.215. The summed E-state index contributed by atoms with van der Waals surface area (Å²) < 4.78 is 10.7. The van der Waals surface area contributed by atoms with Gasteiger partial charge in [0.2, 0.25) is 18.6 Å². The molecule has 1 aliphatic heterocycles. The van der Waals surface area contributed by atoms with E-state index in [9.17, 15) is 9.59 Å². The molecule has 6 heteroatoms. The molecule has 2 N–H and O–H groups in total. The first-order valence-electron chi connectivity index (χ1n) is 9.45. The molecular weight excluding hydrogens is 356 g/mol. The maximum Gasteiger partial charge on any atom is 0.240 e. The normalized spacial score (nSPS) is 15.8. The predicted octanol–water partition coefficient (Wildman–Crippen LogP) is 3.38. The number of hydrogen-bond donors (Lipinski definition) is 2. The van der Waals surface area contributed by atoms with Crippen molar-refractivity contribution in [3.05, 3.63) is 52.6 Å². The van der Waals surface area contributed by atoms with Gasteiger partial charge in [-0.2, -0.15) is 0 Å². The van der Waals surface area contributed by atoms with Crippen LogP contribution in [0.15, 0.2) is 30.3 Å². The fourth-order valence-corrected chi connectivity index (χ4v) is 3.70. The quantitative estimate of drug-likeness (QED) is 0.780. The Bertz CT molecular complexity index is 940. The zero-order valence-electron chi connectivity index (χ0n) is 16.3. The molecule has 1 aliphatic carbocycles. The number of carbonyl (C=O) groups is 2. The first-order chi connectivity index (χ1) is 13.4. The Hall–Kier alpha value is -3.02. The molecule has 4 rings (SSSR count). The fraction of sp³-hybridized carbons (Fsp3) is 0.364. The van der Waals surface area contributed by atoms with E-state index in [4.69, 9.17) is 9.47 Å². The van der Waals surface area contributed by atoms with Crippen molar-refractivity contribution in [2.24, 2.45) is 5.41 Å². The molecule has 1 saturated carbocycles. The molecule has 146 valence electrons. The molecule has 1 heterocycles. The molecule has 0 aromatic heterocycles. The van der Waals surface area contributed by atoms with Crippen molar-refractivity contribution in [3.8, 4) is 11.5 Å². The molecule has 0 saturated heterocycles. The summed E-state index contributed by atoms with van der Waals surface area (Å²) in [7, 11) is 0. The molecule has 2 amide bonds. The van der Waals surface area contributed by atoms with Gasteiger partial charge in [-0.05, 0) is 62.4 Å². The molecule has 0 unspecified atom stereocenters. The Kier molecular flexibility index (Phi) is 4.49. The number of amides is 2. The Morgan fingerprint density at radius 1 is 0.964 bits per heavy atom. The zero-order valence-corrected chi connectivity index (χ0v) is 16.3. The van der Waals surface area contributed by atoms with Crippen molar-refractivity contribution in [2.75, 3.05) is 12.1 Å². The number of rotatable bonds is 5. The standard InChI is InChI=1S/C22H24N2O4/c1-13-8-14(2)19(15(3)9-13)24-21(26)22(6-7-22)20(25)23-11-16-4-5-17-18(10-16)28-12-27-17/h4-5,8-10H,6-7,11-12H2,1-3H3,(H,23,25)(H,24,26). The average molecular weight is 380 g/mol. The molecular formula is C22H24N2O4. The maximum absolute atomic E-state index is 12.9. The lowest BCUT2D eigenvalue weighted by Gasteiger charge is -2.18. The monoisotopic (exact) mass is 380 g/mol. The Balaban J connectivity index is 1.42. The summed E-state index contributed by atoms with van der Waals surface area (Å²) in [6.45, 7) is 6.51. The van der Waals surface area contributed by atoms with Crippen molar-refractivity contribution in [3.63, 3.8) is 0 Å². The summed E-state index contributed by atoms with van der Waals surface area (Å²) in [5.74, 6) is 0.920. The number of benzene rings is 2. The van der Waals surface area contributed by atoms with E-state index in [0.717, 1.165) is 27.9 Å². The number of fused-ring (bicyclic) bond motifs is 1. The van der Waals surface area contributed by atoms with Crippen LogP contribution in [-0.4, -0.2) is 18.6 Å². The summed E-state index contributed by atoms with van der Waals surface area (Å²) in [6, 6.07) is 9.61. The Labute approximate surface area is 164 Å². The molecule has 0 spiro atoms. The van der Waals surface area contributed by atoms with Crippen LogP contribution in [-0.2, 0) is 16.1 Å². The number of aryl methyl sites for hydroxylation is 3. The lowest BCUT2D eigenvalue weighted by atomic mass is 10.0. The van der Waals surface area contributed by atoms with Crippen LogP contribution in [0.5, 0.6) is 11.5 Å². The third-order valence-corrected chi connectivity index (χ3v) is 5.42. The fourth-order valence-electron chi connectivity index (χ4n) is 3.70. The van der Waals surface area contributed by atoms with Gasteiger partial charge in [0.05, 0.1) is 0 Å². The highest BCUT2D eigenvalue weighted by molar-refractivity contribution is 6.13. The molecule has 28 heavy (non-hydrogen) atoms. The molecule has 0 atom stereocenters. The number of anilines is 1. The van der Waals surface area contributed by atoms with Crippen molar-refractivity contribution in [2.45, 2.75) is 40.2 Å². The predicted molar refractivity (Wildman–Crippen MR) is 105 cm³/mol. The highest BCUT2D eigenvalue weighted by Gasteiger charge is 2.56. The molecule has 2 aliphatic rings. The summed E-state index contributed by atoms with van der Waals surface area (Å²) in [6.07, 6.45) is 1.13. The van der Waals surface area contributed by atoms with E-state index < -0.39 is 5.41 Å². The second-order valence-electron chi connectivity index (χ2n) is 7.68. The Morgan fingerprint density at radius 2 is 1.64 bits per heavy atom. The Morgan fingerprint density at radius 3 is 2.32 bits per heavy atom. The van der Waals surface area contributed by atoms with Crippen LogP contribution >= 0.6 is 0 Å². The second-order valence-corrected chi connectivity index (χ2v) is 7.68. The lowest BCUT2D eigenvalue weighted by molar-refractivity contribution is -0.134. The molecule has 1 fully saturated rings. The summed E-state index contributed by atoms with van der Waals surface area (Å²) in [4.78, 5) is 25.6. The number of ether oxygens (including phenoxy) is 2. The van der Waals surface area contributed by atoms with E-state index >= 15 is 0 Å². The summed E-state index contributed by atoms with van der Waals surface area (Å²) in [5, 5.41) is 5.89. The van der Waals surface area contributed by atoms with Gasteiger partial charge in [-0.25, -0.2) is 0 Å². The first kappa shape index (κ1) is 18.3. The number of carbonyl (C=O) groups excluding carboxylic acids is 2. The summed E-state index contributed by atoms with van der Waals surface area (Å²) >= 11 is 0. The zero-order chi connectivity index (χ0) is 19.9. The van der Waals surface area contributed by atoms with Crippen molar-refractivity contribution >= 4 is 17.5 Å². The van der Waals surface area contributed by atoms with Crippen LogP contribution in [0.1, 0.15) is 35.1 Å². The van der Waals surface area contributed by atoms with Gasteiger partial charge >= 0.3 is 0 Å². The molecule has 6 nitrogen and oxygen atoms in total. The smallest absolute Gasteiger partial charge is 0.240 e. The van der Waals surface area contributed by atoms with Gasteiger partial charge in [-0.15, -0.1) is 0 Å². The minimum Gasteiger partial charge on any atom is -0.454 e. The highest BCUT2D eigenvalue weighted by Crippen LogP contribution is 2.47. The summed E-state index contributed by atoms with van der Waals surface area (Å²) in [5.41, 5.74) is 3.88. The third kappa shape index (κ3) is 3.30. The maximum atomic E-state index is 12.9. The van der Waals surface area contributed by atoms with Crippen molar-refractivity contribution < 1.29 is 19.1 Å². The van der Waals surface area contributed by atoms with Gasteiger partial charge in [0.25, 0.3) is 0 Å². The van der Waals surface area contributed by atoms with E-state index in [1.165, 1.54) is 0 Å². The van der Waals surface area contributed by atoms with Gasteiger partial charge in [-0.3, -0.25) is 9.59 Å². The van der Waals surface area contributed by atoms with Crippen LogP contribution < -0.4 is 20.1 Å². The first-order valence-corrected chi connectivity index (χ1v) is 9.45. The molecule has 0 bridgehead atoms. The van der Waals surface area contributed by atoms with E-state index in [1.807, 2.05) is 51.1 Å². The largest absolute Gasteiger partial charge is 0.454 e. The topological polar surface area (TPSA) is 76.7 Å². The minimum atomic E-state index is -0.972. The van der Waals surface area contributed by atoms with Crippen molar-refractivity contribution in [1.82, 2.24) is 5.32 Å². The molecule has 2 aromatic carbocycles. The van der Waals surface area contributed by atoms with Crippen LogP contribution in [0.4, 0.5) is 5.69 Å². The van der Waals surface area contributed by atoms with Gasteiger partial charge < -0.3 is 20.1 Å². The average Bonchev–Trinajstić information content (AvgIpc) is 3.34. The van der Waals surface area contributed by atoms with Gasteiger partial charge in [0.1, 0.15) is 5.41 Å². The van der Waals surface area contributed by atoms with Crippen LogP contribution in [0.25, 0.3) is 0 Å². The van der Waals surface area contributed by atoms with Crippen LogP contribution in [0.3, 0.4) is 0 Å². The highest BCUT2D eigenvalue weighted by atomic mass is 16.7. The third-order valence-electron chi connectivity index (χ3n) is 5.42. The van der Waals surface area contributed by atoms with Gasteiger partial charge in [-0.1, -0.05) is 23.8 Å². The molecule has 0 radical (unpaired) electrons. The number of hydrogen-bond acceptors (Lipinski definition) is 4. The van der Waals surface area contributed by atoms with E-state index in [1.54, 1.807) is 0 Å². The number of nitrogens with one attached hydrogen (secondary N) is 2. The molecule has 2 aromatic rings. The SMILES string of the molecule is Cc1cc(C)c(NC(=O)C2(C(=O)NCc3ccc4c(c3)OCO4)CC2)c(C)c1. The lowest BCUT2D eigenvalue weighted by Crippen LogP contribution is -2.39. The van der Waals surface area contributed by atoms with E-state index in [0.29, 0.717) is 30.9 Å². The second kappa shape index (κ2) is 6.86. The van der Waals surface area contributed by atoms with E-state index in [2.05, 4.69) is 10.6 Å². The van der Waals surface area contributed by atoms with Crippen LogP contribution in [0, 0.1) is 26.2 Å². The van der Waals surface area contributed by atoms with Crippen LogP contribution in [0.2, 0.25) is 0 Å².